The molecule has 0 N–H and O–H groups in total. The lowest BCUT2D eigenvalue weighted by Crippen LogP contribution is -2.16. The molecule has 212 valence electrons. The number of hydrogen-bond donors (Lipinski definition) is 0. The van der Waals surface area contributed by atoms with Gasteiger partial charge >= 0.3 is 0 Å². The van der Waals surface area contributed by atoms with Crippen LogP contribution in [0.25, 0.3) is 0 Å². The van der Waals surface area contributed by atoms with Crippen LogP contribution in [-0.2, 0) is 9.13 Å². The Balaban J connectivity index is 1.58. The summed E-state index contributed by atoms with van der Waals surface area (Å²) in [6.45, 7) is 13.1. The van der Waals surface area contributed by atoms with Crippen molar-refractivity contribution in [2.75, 3.05) is 0 Å². The van der Waals surface area contributed by atoms with Gasteiger partial charge in [-0.2, -0.15) is 0 Å². The third-order valence-corrected chi connectivity index (χ3v) is 16.2. The van der Waals surface area contributed by atoms with Crippen LogP contribution >= 0.6 is 14.3 Å². The van der Waals surface area contributed by atoms with Crippen LogP contribution in [0.1, 0.15) is 41.5 Å². The van der Waals surface area contributed by atoms with Gasteiger partial charge in [-0.25, -0.2) is 0 Å². The normalized spacial score (nSPS) is 21.4. The van der Waals surface area contributed by atoms with Crippen LogP contribution in [0.15, 0.2) is 149 Å². The summed E-state index contributed by atoms with van der Waals surface area (Å²) in [4.78, 5) is 0. The van der Waals surface area contributed by atoms with E-state index in [1.165, 1.54) is 5.57 Å². The molecule has 0 radical (unpaired) electrons. The molecule has 0 saturated heterocycles. The number of rotatable bonds is 6. The Morgan fingerprint density at radius 1 is 0.524 bits per heavy atom. The molecule has 0 aliphatic heterocycles. The second-order valence-corrected chi connectivity index (χ2v) is 18.5. The van der Waals surface area contributed by atoms with Crippen LogP contribution in [0.5, 0.6) is 0 Å². The minimum absolute atomic E-state index is 0.202. The zero-order chi connectivity index (χ0) is 30.0. The first-order valence-corrected chi connectivity index (χ1v) is 18.0. The zero-order valence-electron chi connectivity index (χ0n) is 25.3. The van der Waals surface area contributed by atoms with Crippen molar-refractivity contribution in [3.05, 3.63) is 149 Å². The first-order valence-electron chi connectivity index (χ1n) is 14.6. The van der Waals surface area contributed by atoms with Crippen molar-refractivity contribution >= 4 is 35.5 Å². The van der Waals surface area contributed by atoms with Gasteiger partial charge in [0.15, 0.2) is 14.3 Å². The molecule has 2 fully saturated rings. The molecule has 42 heavy (non-hydrogen) atoms. The molecule has 6 rings (SSSR count). The Labute approximate surface area is 250 Å². The van der Waals surface area contributed by atoms with Crippen molar-refractivity contribution in [2.24, 2.45) is 16.2 Å². The van der Waals surface area contributed by atoms with E-state index in [-0.39, 0.29) is 16.2 Å². The SMILES string of the molecule is CC(=C=C1C(C)(C)[C@@]12/C(=C(\C)P(=O)(c1ccccc1)c1ccccc1)C2(C)C)P(=O)(c1ccccc1)c1ccccc1. The van der Waals surface area contributed by atoms with Crippen molar-refractivity contribution < 1.29 is 9.13 Å². The standard InChI is InChI=1S/C38H38O2P2/c1-28(41(39,30-19-11-7-12-20-30)31-21-13-8-14-22-31)27-34-36(3,4)38(34)35(37(38,5)6)29(2)42(40,32-23-15-9-16-24-32)33-25-17-10-18-26-33/h7-26H,1-6H3/b35-29+/t27?,38-/m0/s1. The van der Waals surface area contributed by atoms with E-state index >= 15 is 9.13 Å². The fraction of sp³-hybridized carbons (Fsp3) is 0.237. The summed E-state index contributed by atoms with van der Waals surface area (Å²) < 4.78 is 30.4. The minimum Gasteiger partial charge on any atom is -0.309 e. The fourth-order valence-electron chi connectivity index (χ4n) is 7.86. The van der Waals surface area contributed by atoms with E-state index in [2.05, 4.69) is 40.3 Å². The second kappa shape index (κ2) is 9.82. The van der Waals surface area contributed by atoms with Gasteiger partial charge in [-0.05, 0) is 30.3 Å². The van der Waals surface area contributed by atoms with E-state index in [4.69, 9.17) is 0 Å². The Morgan fingerprint density at radius 2 is 0.857 bits per heavy atom. The fourth-order valence-corrected chi connectivity index (χ4v) is 13.4. The van der Waals surface area contributed by atoms with Gasteiger partial charge in [-0.15, -0.1) is 5.73 Å². The van der Waals surface area contributed by atoms with Crippen LogP contribution < -0.4 is 21.2 Å². The van der Waals surface area contributed by atoms with Gasteiger partial charge in [0.25, 0.3) is 0 Å². The molecule has 2 nitrogen and oxygen atoms in total. The maximum absolute atomic E-state index is 15.3. The molecular formula is C38H38O2P2. The maximum Gasteiger partial charge on any atom is 0.174 e. The predicted octanol–water partition coefficient (Wildman–Crippen LogP) is 8.78. The molecule has 2 aliphatic rings. The molecule has 2 saturated carbocycles. The van der Waals surface area contributed by atoms with Crippen LogP contribution in [-0.4, -0.2) is 0 Å². The van der Waals surface area contributed by atoms with Crippen molar-refractivity contribution in [3.8, 4) is 0 Å². The second-order valence-electron chi connectivity index (χ2n) is 12.6. The molecule has 0 aromatic heterocycles. The summed E-state index contributed by atoms with van der Waals surface area (Å²) in [6.07, 6.45) is 0. The number of benzene rings is 4. The lowest BCUT2D eigenvalue weighted by atomic mass is 10.0. The Morgan fingerprint density at radius 3 is 1.21 bits per heavy atom. The van der Waals surface area contributed by atoms with Crippen molar-refractivity contribution in [1.82, 2.24) is 0 Å². The van der Waals surface area contributed by atoms with Crippen LogP contribution in [0.2, 0.25) is 0 Å². The van der Waals surface area contributed by atoms with E-state index < -0.39 is 14.3 Å². The average molecular weight is 589 g/mol. The van der Waals surface area contributed by atoms with Gasteiger partial charge in [0, 0.05) is 42.8 Å². The monoisotopic (exact) mass is 588 g/mol. The molecule has 0 heterocycles. The molecule has 1 atom stereocenters. The summed E-state index contributed by atoms with van der Waals surface area (Å²) in [5, 5.41) is 5.05. The average Bonchev–Trinajstić information content (AvgIpc) is 3.75. The summed E-state index contributed by atoms with van der Waals surface area (Å²) >= 11 is 0. The van der Waals surface area contributed by atoms with E-state index in [1.807, 2.05) is 128 Å². The van der Waals surface area contributed by atoms with Gasteiger partial charge in [0.2, 0.25) is 0 Å². The van der Waals surface area contributed by atoms with E-state index in [0.29, 0.717) is 0 Å². The molecule has 4 aromatic rings. The highest BCUT2D eigenvalue weighted by Crippen LogP contribution is 2.94. The molecule has 0 amide bonds. The molecule has 1 spiro atoms. The highest BCUT2D eigenvalue weighted by Gasteiger charge is 2.88. The molecule has 2 aliphatic carbocycles. The summed E-state index contributed by atoms with van der Waals surface area (Å²) in [5.74, 6) is 0. The highest BCUT2D eigenvalue weighted by atomic mass is 31.2. The molecule has 4 heteroatoms. The first kappa shape index (κ1) is 28.7. The van der Waals surface area contributed by atoms with Gasteiger partial charge in [0.05, 0.1) is 0 Å². The highest BCUT2D eigenvalue weighted by molar-refractivity contribution is 7.82. The molecule has 0 bridgehead atoms. The van der Waals surface area contributed by atoms with Crippen LogP contribution in [0.3, 0.4) is 0 Å². The van der Waals surface area contributed by atoms with Gasteiger partial charge < -0.3 is 9.13 Å². The Bertz CT molecular complexity index is 1770. The lowest BCUT2D eigenvalue weighted by molar-refractivity contribution is 0.451. The van der Waals surface area contributed by atoms with Gasteiger partial charge in [-0.3, -0.25) is 0 Å². The number of hydrogen-bond acceptors (Lipinski definition) is 2. The topological polar surface area (TPSA) is 34.1 Å². The summed E-state index contributed by atoms with van der Waals surface area (Å²) in [6, 6.07) is 39.4. The molecule has 0 unspecified atom stereocenters. The van der Waals surface area contributed by atoms with Crippen molar-refractivity contribution in [1.29, 1.82) is 0 Å². The molecule has 4 aromatic carbocycles. The molecular weight excluding hydrogens is 550 g/mol. The largest absolute Gasteiger partial charge is 0.309 e. The van der Waals surface area contributed by atoms with E-state index in [0.717, 1.165) is 37.4 Å². The third kappa shape index (κ3) is 3.79. The predicted molar refractivity (Wildman–Crippen MR) is 178 cm³/mol. The summed E-state index contributed by atoms with van der Waals surface area (Å²) in [7, 11) is -6.21. The Hall–Kier alpha value is -3.40. The van der Waals surface area contributed by atoms with Crippen LogP contribution in [0.4, 0.5) is 0 Å². The minimum atomic E-state index is -3.11. The summed E-state index contributed by atoms with van der Waals surface area (Å²) in [5.41, 5.74) is 5.47. The zero-order valence-corrected chi connectivity index (χ0v) is 27.0. The third-order valence-electron chi connectivity index (χ3n) is 9.84. The maximum atomic E-state index is 15.3. The smallest absolute Gasteiger partial charge is 0.174 e. The van der Waals surface area contributed by atoms with Crippen molar-refractivity contribution in [3.63, 3.8) is 0 Å². The quantitative estimate of drug-likeness (QED) is 0.167. The lowest BCUT2D eigenvalue weighted by Gasteiger charge is -2.21. The van der Waals surface area contributed by atoms with Crippen molar-refractivity contribution in [2.45, 2.75) is 41.5 Å². The number of allylic oxidation sites excluding steroid dienone is 3. The first-order chi connectivity index (χ1) is 20.0. The van der Waals surface area contributed by atoms with E-state index in [9.17, 15) is 0 Å². The Kier molecular flexibility index (Phi) is 6.72. The van der Waals surface area contributed by atoms with Crippen LogP contribution in [0, 0.1) is 16.2 Å². The van der Waals surface area contributed by atoms with Gasteiger partial charge in [0.1, 0.15) is 0 Å². The van der Waals surface area contributed by atoms with E-state index in [1.54, 1.807) is 0 Å². The van der Waals surface area contributed by atoms with Gasteiger partial charge in [-0.1, -0.05) is 149 Å².